The van der Waals surface area contributed by atoms with E-state index in [1.165, 1.54) is 9.13 Å². The molecule has 3 aromatic rings. The van der Waals surface area contributed by atoms with Crippen molar-refractivity contribution in [2.45, 2.75) is 19.8 Å². The van der Waals surface area contributed by atoms with Gasteiger partial charge in [0.05, 0.1) is 5.52 Å². The summed E-state index contributed by atoms with van der Waals surface area (Å²) in [5, 5.41) is 5.42. The maximum atomic E-state index is 12.1. The highest BCUT2D eigenvalue weighted by Gasteiger charge is 2.12. The molecular formula is C19H21N5O3. The second kappa shape index (κ2) is 7.45. The Bertz CT molecular complexity index is 1060. The average Bonchev–Trinajstić information content (AvgIpc) is 2.86. The fourth-order valence-electron chi connectivity index (χ4n) is 2.73. The van der Waals surface area contributed by atoms with Crippen LogP contribution in [0.5, 0.6) is 0 Å². The third kappa shape index (κ3) is 4.05. The summed E-state index contributed by atoms with van der Waals surface area (Å²) in [6, 6.07) is 10.8. The van der Waals surface area contributed by atoms with Crippen molar-refractivity contribution in [2.24, 2.45) is 14.1 Å². The molecule has 140 valence electrons. The fourth-order valence-corrected chi connectivity index (χ4v) is 2.73. The predicted molar refractivity (Wildman–Crippen MR) is 104 cm³/mol. The minimum absolute atomic E-state index is 0.0329. The quantitative estimate of drug-likeness (QED) is 0.720. The fraction of sp³-hybridized carbons (Fsp3) is 0.263. The largest absolute Gasteiger partial charge is 0.329 e. The SMILES string of the molecule is Cc1ccc(NC(=O)CCC(=O)Nc2ccc3c(n2)n(C)c(=O)n3C)cc1. The van der Waals surface area contributed by atoms with E-state index in [-0.39, 0.29) is 30.3 Å². The number of anilines is 2. The molecule has 0 aliphatic carbocycles. The van der Waals surface area contributed by atoms with Gasteiger partial charge in [0, 0.05) is 32.6 Å². The molecule has 0 aliphatic rings. The normalized spacial score (nSPS) is 10.8. The van der Waals surface area contributed by atoms with Crippen LogP contribution in [0.2, 0.25) is 0 Å². The lowest BCUT2D eigenvalue weighted by Gasteiger charge is -2.07. The van der Waals surface area contributed by atoms with Crippen LogP contribution in [-0.2, 0) is 23.7 Å². The van der Waals surface area contributed by atoms with Crippen molar-refractivity contribution in [3.05, 3.63) is 52.4 Å². The zero-order valence-corrected chi connectivity index (χ0v) is 15.4. The molecule has 3 rings (SSSR count). The Hall–Kier alpha value is -3.42. The van der Waals surface area contributed by atoms with Crippen molar-refractivity contribution in [2.75, 3.05) is 10.6 Å². The first kappa shape index (κ1) is 18.4. The summed E-state index contributed by atoms with van der Waals surface area (Å²) in [4.78, 5) is 40.3. The first-order chi connectivity index (χ1) is 12.8. The molecule has 1 aromatic carbocycles. The molecule has 0 radical (unpaired) electrons. The molecule has 8 nitrogen and oxygen atoms in total. The molecule has 0 spiro atoms. The molecule has 0 saturated carbocycles. The number of fused-ring (bicyclic) bond motifs is 1. The van der Waals surface area contributed by atoms with Gasteiger partial charge in [-0.25, -0.2) is 9.78 Å². The summed E-state index contributed by atoms with van der Waals surface area (Å²) in [6.07, 6.45) is 0.0942. The van der Waals surface area contributed by atoms with Gasteiger partial charge in [-0.3, -0.25) is 18.7 Å². The third-order valence-corrected chi connectivity index (χ3v) is 4.29. The highest BCUT2D eigenvalue weighted by atomic mass is 16.2. The Kier molecular flexibility index (Phi) is 5.07. The van der Waals surface area contributed by atoms with Gasteiger partial charge < -0.3 is 10.6 Å². The van der Waals surface area contributed by atoms with E-state index in [4.69, 9.17) is 0 Å². The summed E-state index contributed by atoms with van der Waals surface area (Å²) >= 11 is 0. The van der Waals surface area contributed by atoms with Crippen molar-refractivity contribution >= 4 is 34.5 Å². The lowest BCUT2D eigenvalue weighted by Crippen LogP contribution is -2.19. The number of nitrogens with zero attached hydrogens (tertiary/aromatic N) is 3. The topological polar surface area (TPSA) is 98.0 Å². The van der Waals surface area contributed by atoms with E-state index in [0.29, 0.717) is 22.7 Å². The zero-order valence-electron chi connectivity index (χ0n) is 15.4. The molecular weight excluding hydrogens is 346 g/mol. The van der Waals surface area contributed by atoms with Gasteiger partial charge in [-0.2, -0.15) is 0 Å². The van der Waals surface area contributed by atoms with Crippen molar-refractivity contribution < 1.29 is 9.59 Å². The van der Waals surface area contributed by atoms with E-state index >= 15 is 0 Å². The van der Waals surface area contributed by atoms with Crippen LogP contribution in [0.25, 0.3) is 11.2 Å². The molecule has 8 heteroatoms. The smallest absolute Gasteiger partial charge is 0.326 e. The highest BCUT2D eigenvalue weighted by molar-refractivity contribution is 5.96. The molecule has 0 unspecified atom stereocenters. The molecule has 27 heavy (non-hydrogen) atoms. The van der Waals surface area contributed by atoms with E-state index in [1.807, 2.05) is 31.2 Å². The van der Waals surface area contributed by atoms with Gasteiger partial charge in [-0.05, 0) is 31.2 Å². The standard InChI is InChI=1S/C19H21N5O3/c1-12-4-6-13(7-5-12)20-16(25)10-11-17(26)21-15-9-8-14-18(22-15)24(3)19(27)23(14)2/h4-9H,10-11H2,1-3H3,(H,20,25)(H,21,22,26). The van der Waals surface area contributed by atoms with Gasteiger partial charge in [-0.1, -0.05) is 17.7 Å². The number of nitrogens with one attached hydrogen (secondary N) is 2. The number of hydrogen-bond donors (Lipinski definition) is 2. The van der Waals surface area contributed by atoms with Crippen LogP contribution in [0.3, 0.4) is 0 Å². The summed E-state index contributed by atoms with van der Waals surface area (Å²) < 4.78 is 2.91. The van der Waals surface area contributed by atoms with Crippen LogP contribution in [0.15, 0.2) is 41.2 Å². The van der Waals surface area contributed by atoms with Crippen LogP contribution in [0.4, 0.5) is 11.5 Å². The molecule has 0 bridgehead atoms. The van der Waals surface area contributed by atoms with Gasteiger partial charge in [0.1, 0.15) is 5.82 Å². The lowest BCUT2D eigenvalue weighted by atomic mass is 10.2. The highest BCUT2D eigenvalue weighted by Crippen LogP contribution is 2.14. The minimum atomic E-state index is -0.318. The molecule has 2 heterocycles. The molecule has 2 aromatic heterocycles. The van der Waals surface area contributed by atoms with Crippen molar-refractivity contribution in [1.29, 1.82) is 0 Å². The van der Waals surface area contributed by atoms with Crippen LogP contribution >= 0.6 is 0 Å². The van der Waals surface area contributed by atoms with Crippen LogP contribution in [-0.4, -0.2) is 25.9 Å². The Balaban J connectivity index is 1.58. The maximum Gasteiger partial charge on any atom is 0.329 e. The van der Waals surface area contributed by atoms with Crippen LogP contribution in [0.1, 0.15) is 18.4 Å². The molecule has 2 N–H and O–H groups in total. The molecule has 0 atom stereocenters. The summed E-state index contributed by atoms with van der Waals surface area (Å²) in [7, 11) is 3.29. The van der Waals surface area contributed by atoms with Crippen LogP contribution < -0.4 is 16.3 Å². The Morgan fingerprint density at radius 3 is 2.22 bits per heavy atom. The summed E-state index contributed by atoms with van der Waals surface area (Å²) in [6.45, 7) is 1.97. The van der Waals surface area contributed by atoms with Crippen molar-refractivity contribution in [3.8, 4) is 0 Å². The second-order valence-electron chi connectivity index (χ2n) is 6.40. The number of aromatic nitrogens is 3. The molecule has 0 aliphatic heterocycles. The van der Waals surface area contributed by atoms with Gasteiger partial charge in [0.15, 0.2) is 5.65 Å². The number of pyridine rings is 1. The molecule has 0 fully saturated rings. The monoisotopic (exact) mass is 367 g/mol. The van der Waals surface area contributed by atoms with E-state index in [1.54, 1.807) is 26.2 Å². The summed E-state index contributed by atoms with van der Waals surface area (Å²) in [5.41, 5.74) is 2.78. The maximum absolute atomic E-state index is 12.1. The van der Waals surface area contributed by atoms with Crippen LogP contribution in [0, 0.1) is 6.92 Å². The van der Waals surface area contributed by atoms with Crippen molar-refractivity contribution in [1.82, 2.24) is 14.1 Å². The first-order valence-electron chi connectivity index (χ1n) is 8.54. The van der Waals surface area contributed by atoms with E-state index < -0.39 is 0 Å². The third-order valence-electron chi connectivity index (χ3n) is 4.29. The van der Waals surface area contributed by atoms with E-state index in [9.17, 15) is 14.4 Å². The first-order valence-corrected chi connectivity index (χ1v) is 8.54. The van der Waals surface area contributed by atoms with E-state index in [2.05, 4.69) is 15.6 Å². The zero-order chi connectivity index (χ0) is 19.6. The van der Waals surface area contributed by atoms with Gasteiger partial charge in [0.2, 0.25) is 11.8 Å². The van der Waals surface area contributed by atoms with E-state index in [0.717, 1.165) is 5.56 Å². The van der Waals surface area contributed by atoms with Gasteiger partial charge >= 0.3 is 5.69 Å². The second-order valence-corrected chi connectivity index (χ2v) is 6.40. The molecule has 0 saturated heterocycles. The number of amides is 2. The van der Waals surface area contributed by atoms with Gasteiger partial charge in [-0.15, -0.1) is 0 Å². The predicted octanol–water partition coefficient (Wildman–Crippen LogP) is 1.94. The number of carbonyl (C=O) groups is 2. The number of hydrogen-bond acceptors (Lipinski definition) is 4. The Labute approximate surface area is 155 Å². The number of aryl methyl sites for hydroxylation is 3. The Morgan fingerprint density at radius 1 is 0.926 bits per heavy atom. The number of imidazole rings is 1. The number of rotatable bonds is 5. The van der Waals surface area contributed by atoms with Gasteiger partial charge in [0.25, 0.3) is 0 Å². The minimum Gasteiger partial charge on any atom is -0.326 e. The van der Waals surface area contributed by atoms with Crippen molar-refractivity contribution in [3.63, 3.8) is 0 Å². The summed E-state index contributed by atoms with van der Waals surface area (Å²) in [5.74, 6) is -0.211. The molecule has 2 amide bonds. The average molecular weight is 367 g/mol. The lowest BCUT2D eigenvalue weighted by molar-refractivity contribution is -0.121. The number of carbonyl (C=O) groups excluding carboxylic acids is 2. The number of benzene rings is 1. The Morgan fingerprint density at radius 2 is 1.56 bits per heavy atom.